The van der Waals surface area contributed by atoms with Crippen LogP contribution >= 0.6 is 0 Å². The fourth-order valence-corrected chi connectivity index (χ4v) is 2.69. The monoisotopic (exact) mass is 264 g/mol. The van der Waals surface area contributed by atoms with Crippen LogP contribution in [0, 0.1) is 5.82 Å². The summed E-state index contributed by atoms with van der Waals surface area (Å²) >= 11 is 0. The first-order valence-electron chi connectivity index (χ1n) is 6.81. The van der Waals surface area contributed by atoms with Crippen molar-refractivity contribution in [1.29, 1.82) is 0 Å². The van der Waals surface area contributed by atoms with E-state index in [1.54, 1.807) is 12.1 Å². The minimum atomic E-state index is -0.371. The quantitative estimate of drug-likeness (QED) is 0.908. The summed E-state index contributed by atoms with van der Waals surface area (Å²) in [6, 6.07) is 4.66. The first-order chi connectivity index (χ1) is 8.97. The van der Waals surface area contributed by atoms with E-state index in [9.17, 15) is 9.18 Å². The molecule has 1 heterocycles. The Morgan fingerprint density at radius 2 is 2.21 bits per heavy atom. The van der Waals surface area contributed by atoms with E-state index in [1.807, 2.05) is 11.8 Å². The Kier molecular flexibility index (Phi) is 3.78. The van der Waals surface area contributed by atoms with E-state index >= 15 is 0 Å². The number of para-hydroxylation sites is 1. The molecule has 0 spiro atoms. The van der Waals surface area contributed by atoms with Crippen molar-refractivity contribution in [2.45, 2.75) is 39.2 Å². The summed E-state index contributed by atoms with van der Waals surface area (Å²) in [7, 11) is 0. The van der Waals surface area contributed by atoms with Crippen LogP contribution in [-0.2, 0) is 0 Å². The number of rotatable bonds is 3. The van der Waals surface area contributed by atoms with Crippen molar-refractivity contribution < 1.29 is 9.18 Å². The van der Waals surface area contributed by atoms with Gasteiger partial charge in [-0.1, -0.05) is 6.07 Å². The molecule has 2 rings (SSSR count). The molecule has 0 bridgehead atoms. The molecule has 4 heteroatoms. The number of halogens is 1. The molecule has 1 aromatic carbocycles. The zero-order chi connectivity index (χ0) is 14.0. The van der Waals surface area contributed by atoms with Gasteiger partial charge in [0.2, 0.25) is 0 Å². The van der Waals surface area contributed by atoms with Gasteiger partial charge in [-0.2, -0.15) is 0 Å². The third-order valence-electron chi connectivity index (χ3n) is 3.74. The summed E-state index contributed by atoms with van der Waals surface area (Å²) in [6.07, 6.45) is 2.00. The Labute approximate surface area is 113 Å². The van der Waals surface area contributed by atoms with Crippen LogP contribution in [0.15, 0.2) is 18.2 Å². The minimum absolute atomic E-state index is 0.0852. The van der Waals surface area contributed by atoms with Crippen LogP contribution in [0.5, 0.6) is 0 Å². The number of benzene rings is 1. The second-order valence-electron chi connectivity index (χ2n) is 5.57. The molecule has 1 fully saturated rings. The summed E-state index contributed by atoms with van der Waals surface area (Å²) in [6.45, 7) is 7.34. The predicted molar refractivity (Wildman–Crippen MR) is 74.9 cm³/mol. The lowest BCUT2D eigenvalue weighted by molar-refractivity contribution is 0.0652. The van der Waals surface area contributed by atoms with Gasteiger partial charge in [0.25, 0.3) is 5.91 Å². The van der Waals surface area contributed by atoms with E-state index in [2.05, 4.69) is 19.2 Å². The fourth-order valence-electron chi connectivity index (χ4n) is 2.69. The van der Waals surface area contributed by atoms with Crippen molar-refractivity contribution in [3.63, 3.8) is 0 Å². The molecule has 0 aromatic heterocycles. The van der Waals surface area contributed by atoms with Gasteiger partial charge in [0, 0.05) is 18.6 Å². The highest BCUT2D eigenvalue weighted by atomic mass is 19.1. The van der Waals surface area contributed by atoms with E-state index in [0.29, 0.717) is 17.8 Å². The SMILES string of the molecule is CCNc1c(F)cccc1C(=O)N1CCCC1(C)C. The van der Waals surface area contributed by atoms with Crippen molar-refractivity contribution in [3.05, 3.63) is 29.6 Å². The van der Waals surface area contributed by atoms with Gasteiger partial charge in [0.1, 0.15) is 5.82 Å². The molecule has 0 atom stereocenters. The van der Waals surface area contributed by atoms with E-state index in [0.717, 1.165) is 19.4 Å². The molecule has 19 heavy (non-hydrogen) atoms. The summed E-state index contributed by atoms with van der Waals surface area (Å²) in [5.41, 5.74) is 0.599. The molecule has 104 valence electrons. The van der Waals surface area contributed by atoms with Crippen LogP contribution in [0.1, 0.15) is 44.0 Å². The maximum absolute atomic E-state index is 13.8. The molecule has 0 unspecified atom stereocenters. The average Bonchev–Trinajstić information content (AvgIpc) is 2.71. The summed E-state index contributed by atoms with van der Waals surface area (Å²) in [5.74, 6) is -0.456. The van der Waals surface area contributed by atoms with Gasteiger partial charge in [-0.25, -0.2) is 4.39 Å². The topological polar surface area (TPSA) is 32.3 Å². The van der Waals surface area contributed by atoms with E-state index in [1.165, 1.54) is 6.07 Å². The predicted octanol–water partition coefficient (Wildman–Crippen LogP) is 3.27. The van der Waals surface area contributed by atoms with Crippen molar-refractivity contribution in [1.82, 2.24) is 4.90 Å². The first kappa shape index (κ1) is 13.8. The normalized spacial score (nSPS) is 17.6. The lowest BCUT2D eigenvalue weighted by Crippen LogP contribution is -2.42. The molecule has 1 N–H and O–H groups in total. The highest BCUT2D eigenvalue weighted by Crippen LogP contribution is 2.31. The number of nitrogens with one attached hydrogen (secondary N) is 1. The number of anilines is 1. The van der Waals surface area contributed by atoms with Crippen LogP contribution in [-0.4, -0.2) is 29.4 Å². The molecule has 0 radical (unpaired) electrons. The van der Waals surface area contributed by atoms with Gasteiger partial charge in [-0.15, -0.1) is 0 Å². The Morgan fingerprint density at radius 3 is 2.79 bits per heavy atom. The zero-order valence-corrected chi connectivity index (χ0v) is 11.8. The van der Waals surface area contributed by atoms with Crippen molar-refractivity contribution in [3.8, 4) is 0 Å². The van der Waals surface area contributed by atoms with Gasteiger partial charge in [0.15, 0.2) is 0 Å². The third-order valence-corrected chi connectivity index (χ3v) is 3.74. The van der Waals surface area contributed by atoms with Crippen LogP contribution < -0.4 is 5.32 Å². The number of carbonyl (C=O) groups is 1. The highest BCUT2D eigenvalue weighted by Gasteiger charge is 2.36. The van der Waals surface area contributed by atoms with Crippen molar-refractivity contribution >= 4 is 11.6 Å². The number of nitrogens with zero attached hydrogens (tertiary/aromatic N) is 1. The Morgan fingerprint density at radius 1 is 1.47 bits per heavy atom. The second-order valence-corrected chi connectivity index (χ2v) is 5.57. The summed E-state index contributed by atoms with van der Waals surface area (Å²) in [4.78, 5) is 14.5. The van der Waals surface area contributed by atoms with Crippen LogP contribution in [0.3, 0.4) is 0 Å². The molecular weight excluding hydrogens is 243 g/mol. The zero-order valence-electron chi connectivity index (χ0n) is 11.8. The third kappa shape index (κ3) is 2.57. The summed E-state index contributed by atoms with van der Waals surface area (Å²) < 4.78 is 13.8. The average molecular weight is 264 g/mol. The number of hydrogen-bond acceptors (Lipinski definition) is 2. The van der Waals surface area contributed by atoms with E-state index < -0.39 is 0 Å². The van der Waals surface area contributed by atoms with Crippen LogP contribution in [0.4, 0.5) is 10.1 Å². The molecule has 1 aromatic rings. The van der Waals surface area contributed by atoms with E-state index in [4.69, 9.17) is 0 Å². The highest BCUT2D eigenvalue weighted by molar-refractivity contribution is 6.00. The van der Waals surface area contributed by atoms with Gasteiger partial charge >= 0.3 is 0 Å². The lowest BCUT2D eigenvalue weighted by Gasteiger charge is -2.32. The number of carbonyl (C=O) groups excluding carboxylic acids is 1. The number of likely N-dealkylation sites (tertiary alicyclic amines) is 1. The molecule has 1 aliphatic heterocycles. The second kappa shape index (κ2) is 5.19. The molecule has 0 aliphatic carbocycles. The maximum atomic E-state index is 13.8. The Balaban J connectivity index is 2.36. The van der Waals surface area contributed by atoms with Crippen LogP contribution in [0.2, 0.25) is 0 Å². The largest absolute Gasteiger partial charge is 0.382 e. The van der Waals surface area contributed by atoms with Crippen molar-refractivity contribution in [2.75, 3.05) is 18.4 Å². The van der Waals surface area contributed by atoms with Gasteiger partial charge in [0.05, 0.1) is 11.3 Å². The Bertz CT molecular complexity index is 485. The number of hydrogen-bond donors (Lipinski definition) is 1. The first-order valence-corrected chi connectivity index (χ1v) is 6.81. The van der Waals surface area contributed by atoms with Crippen LogP contribution in [0.25, 0.3) is 0 Å². The van der Waals surface area contributed by atoms with Gasteiger partial charge in [-0.3, -0.25) is 4.79 Å². The molecular formula is C15H21FN2O. The lowest BCUT2D eigenvalue weighted by atomic mass is 10.0. The minimum Gasteiger partial charge on any atom is -0.382 e. The van der Waals surface area contributed by atoms with Gasteiger partial charge < -0.3 is 10.2 Å². The standard InChI is InChI=1S/C15H21FN2O/c1-4-17-13-11(7-5-8-12(13)16)14(19)18-10-6-9-15(18,2)3/h5,7-8,17H,4,6,9-10H2,1-3H3. The Hall–Kier alpha value is -1.58. The van der Waals surface area contributed by atoms with Crippen molar-refractivity contribution in [2.24, 2.45) is 0 Å². The molecule has 1 aliphatic rings. The van der Waals surface area contributed by atoms with Gasteiger partial charge in [-0.05, 0) is 45.7 Å². The summed E-state index contributed by atoms with van der Waals surface area (Å²) in [5, 5.41) is 2.95. The smallest absolute Gasteiger partial charge is 0.256 e. The maximum Gasteiger partial charge on any atom is 0.256 e. The molecule has 1 amide bonds. The molecule has 3 nitrogen and oxygen atoms in total. The number of amides is 1. The molecule has 0 saturated carbocycles. The molecule has 1 saturated heterocycles. The fraction of sp³-hybridized carbons (Fsp3) is 0.533. The van der Waals surface area contributed by atoms with E-state index in [-0.39, 0.29) is 17.3 Å².